The Kier molecular flexibility index (Phi) is 6.95. The van der Waals surface area contributed by atoms with Crippen LogP contribution in [0.15, 0.2) is 95.8 Å². The Balaban J connectivity index is 1.38. The minimum Gasteiger partial charge on any atom is -0.308 e. The van der Waals surface area contributed by atoms with Gasteiger partial charge in [0, 0.05) is 21.4 Å². The number of amides is 2. The molecule has 8 heteroatoms. The van der Waals surface area contributed by atoms with Gasteiger partial charge in [-0.15, -0.1) is 0 Å². The van der Waals surface area contributed by atoms with Gasteiger partial charge in [0.2, 0.25) is 0 Å². The van der Waals surface area contributed by atoms with E-state index in [1.165, 1.54) is 0 Å². The van der Waals surface area contributed by atoms with E-state index in [4.69, 9.17) is 23.2 Å². The molecular formula is C29H22Cl2N4O2. The third-order valence-electron chi connectivity index (χ3n) is 5.94. The molecule has 0 radical (unpaired) electrons. The largest absolute Gasteiger partial charge is 0.323 e. The van der Waals surface area contributed by atoms with Gasteiger partial charge >= 0.3 is 6.03 Å². The lowest BCUT2D eigenvalue weighted by molar-refractivity contribution is 0.262. The third-order valence-corrected chi connectivity index (χ3v) is 6.41. The number of benzene rings is 4. The predicted molar refractivity (Wildman–Crippen MR) is 151 cm³/mol. The van der Waals surface area contributed by atoms with Crippen molar-refractivity contribution in [2.45, 2.75) is 13.5 Å². The van der Waals surface area contributed by atoms with Gasteiger partial charge in [-0.1, -0.05) is 65.7 Å². The molecule has 0 spiro atoms. The van der Waals surface area contributed by atoms with Crippen LogP contribution in [0.25, 0.3) is 22.0 Å². The van der Waals surface area contributed by atoms with Crippen LogP contribution in [0.3, 0.4) is 0 Å². The molecule has 0 unspecified atom stereocenters. The van der Waals surface area contributed by atoms with E-state index in [2.05, 4.69) is 15.6 Å². The Bertz CT molecular complexity index is 1680. The molecule has 0 atom stereocenters. The van der Waals surface area contributed by atoms with Crippen molar-refractivity contribution in [2.24, 2.45) is 0 Å². The van der Waals surface area contributed by atoms with Crippen molar-refractivity contribution in [3.05, 3.63) is 123 Å². The van der Waals surface area contributed by atoms with E-state index in [9.17, 15) is 9.59 Å². The van der Waals surface area contributed by atoms with Gasteiger partial charge in [0.25, 0.3) is 5.56 Å². The van der Waals surface area contributed by atoms with Crippen LogP contribution in [0, 0.1) is 6.92 Å². The zero-order valence-electron chi connectivity index (χ0n) is 19.8. The number of hydrogen-bond acceptors (Lipinski definition) is 3. The summed E-state index contributed by atoms with van der Waals surface area (Å²) in [5.41, 5.74) is 4.46. The standard InChI is InChI=1S/C29H22Cl2N4O2/c1-18-32-27-13-12-25(34-29(37)33-24-7-3-6-23(31)15-24)16-26(27)28(36)35(18)17-19-8-10-20(11-9-19)21-4-2-5-22(30)14-21/h2-16H,17H2,1H3,(H2,33,34,37). The second-order valence-electron chi connectivity index (χ2n) is 8.58. The van der Waals surface area contributed by atoms with Crippen molar-refractivity contribution in [3.63, 3.8) is 0 Å². The monoisotopic (exact) mass is 528 g/mol. The fourth-order valence-electron chi connectivity index (χ4n) is 4.11. The first-order valence-electron chi connectivity index (χ1n) is 11.6. The van der Waals surface area contributed by atoms with Crippen LogP contribution in [0.1, 0.15) is 11.4 Å². The number of urea groups is 1. The van der Waals surface area contributed by atoms with Crippen LogP contribution in [0.5, 0.6) is 0 Å². The molecule has 0 saturated heterocycles. The lowest BCUT2D eigenvalue weighted by Gasteiger charge is -2.13. The molecule has 5 aromatic rings. The van der Waals surface area contributed by atoms with Gasteiger partial charge in [-0.2, -0.15) is 0 Å². The quantitative estimate of drug-likeness (QED) is 0.250. The summed E-state index contributed by atoms with van der Waals surface area (Å²) in [6, 6.07) is 27.2. The average Bonchev–Trinajstić information content (AvgIpc) is 2.87. The molecule has 0 fully saturated rings. The second kappa shape index (κ2) is 10.5. The molecule has 0 aliphatic rings. The molecule has 0 aliphatic heterocycles. The summed E-state index contributed by atoms with van der Waals surface area (Å²) in [7, 11) is 0. The first kappa shape index (κ1) is 24.6. The summed E-state index contributed by atoms with van der Waals surface area (Å²) < 4.78 is 1.63. The number of halogens is 2. The molecule has 0 aliphatic carbocycles. The summed E-state index contributed by atoms with van der Waals surface area (Å²) in [6.07, 6.45) is 0. The fraction of sp³-hybridized carbons (Fsp3) is 0.0690. The number of nitrogens with one attached hydrogen (secondary N) is 2. The third kappa shape index (κ3) is 5.66. The number of carbonyl (C=O) groups is 1. The van der Waals surface area contributed by atoms with Crippen molar-refractivity contribution in [2.75, 3.05) is 10.6 Å². The highest BCUT2D eigenvalue weighted by Crippen LogP contribution is 2.23. The maximum atomic E-state index is 13.4. The van der Waals surface area contributed by atoms with Crippen LogP contribution in [0.4, 0.5) is 16.2 Å². The lowest BCUT2D eigenvalue weighted by atomic mass is 10.0. The Morgan fingerprint density at radius 2 is 1.49 bits per heavy atom. The molecule has 1 aromatic heterocycles. The Morgan fingerprint density at radius 1 is 0.811 bits per heavy atom. The molecule has 6 nitrogen and oxygen atoms in total. The topological polar surface area (TPSA) is 76.0 Å². The summed E-state index contributed by atoms with van der Waals surface area (Å²) in [5.74, 6) is 0.607. The molecule has 1 heterocycles. The number of anilines is 2. The highest BCUT2D eigenvalue weighted by Gasteiger charge is 2.11. The zero-order chi connectivity index (χ0) is 25.9. The molecule has 4 aromatic carbocycles. The predicted octanol–water partition coefficient (Wildman–Crippen LogP) is 7.37. The number of hydrogen-bond donors (Lipinski definition) is 2. The minimum atomic E-state index is -0.443. The Labute approximate surface area is 223 Å². The Morgan fingerprint density at radius 3 is 2.19 bits per heavy atom. The van der Waals surface area contributed by atoms with Crippen LogP contribution in [-0.2, 0) is 6.54 Å². The summed E-state index contributed by atoms with van der Waals surface area (Å²) in [4.78, 5) is 30.5. The summed E-state index contributed by atoms with van der Waals surface area (Å²) >= 11 is 12.1. The van der Waals surface area contributed by atoms with Crippen molar-refractivity contribution >= 4 is 51.5 Å². The minimum absolute atomic E-state index is 0.180. The molecule has 37 heavy (non-hydrogen) atoms. The molecule has 0 bridgehead atoms. The molecule has 5 rings (SSSR count). The maximum Gasteiger partial charge on any atom is 0.323 e. The zero-order valence-corrected chi connectivity index (χ0v) is 21.3. The van der Waals surface area contributed by atoms with Crippen LogP contribution >= 0.6 is 23.2 Å². The van der Waals surface area contributed by atoms with E-state index in [0.717, 1.165) is 16.7 Å². The van der Waals surface area contributed by atoms with Crippen molar-refractivity contribution in [1.82, 2.24) is 9.55 Å². The van der Waals surface area contributed by atoms with Gasteiger partial charge in [-0.05, 0) is 72.1 Å². The van der Waals surface area contributed by atoms with E-state index in [1.807, 2.05) is 55.5 Å². The van der Waals surface area contributed by atoms with Gasteiger partial charge < -0.3 is 10.6 Å². The van der Waals surface area contributed by atoms with E-state index >= 15 is 0 Å². The van der Waals surface area contributed by atoms with E-state index in [0.29, 0.717) is 44.7 Å². The number of rotatable bonds is 5. The molecule has 2 N–H and O–H groups in total. The molecular weight excluding hydrogens is 507 g/mol. The molecule has 0 saturated carbocycles. The van der Waals surface area contributed by atoms with Crippen molar-refractivity contribution < 1.29 is 4.79 Å². The average molecular weight is 529 g/mol. The number of fused-ring (bicyclic) bond motifs is 1. The number of carbonyl (C=O) groups excluding carboxylic acids is 1. The van der Waals surface area contributed by atoms with Gasteiger partial charge in [0.15, 0.2) is 0 Å². The highest BCUT2D eigenvalue weighted by molar-refractivity contribution is 6.31. The number of aryl methyl sites for hydroxylation is 1. The Hall–Kier alpha value is -4.13. The maximum absolute atomic E-state index is 13.4. The van der Waals surface area contributed by atoms with Gasteiger partial charge in [0.05, 0.1) is 17.4 Å². The smallest absolute Gasteiger partial charge is 0.308 e. The van der Waals surface area contributed by atoms with Gasteiger partial charge in [0.1, 0.15) is 5.82 Å². The summed E-state index contributed by atoms with van der Waals surface area (Å²) in [6.45, 7) is 2.18. The summed E-state index contributed by atoms with van der Waals surface area (Å²) in [5, 5.41) is 7.10. The van der Waals surface area contributed by atoms with Crippen LogP contribution in [-0.4, -0.2) is 15.6 Å². The molecule has 184 valence electrons. The first-order valence-corrected chi connectivity index (χ1v) is 12.3. The van der Waals surface area contributed by atoms with Crippen molar-refractivity contribution in [1.29, 1.82) is 0 Å². The van der Waals surface area contributed by atoms with E-state index < -0.39 is 6.03 Å². The van der Waals surface area contributed by atoms with Crippen molar-refractivity contribution in [3.8, 4) is 11.1 Å². The lowest BCUT2D eigenvalue weighted by Crippen LogP contribution is -2.25. The second-order valence-corrected chi connectivity index (χ2v) is 9.45. The SMILES string of the molecule is Cc1nc2ccc(NC(=O)Nc3cccc(Cl)c3)cc2c(=O)n1Cc1ccc(-c2cccc(Cl)c2)cc1. The van der Waals surface area contributed by atoms with Crippen LogP contribution < -0.4 is 16.2 Å². The fourth-order valence-corrected chi connectivity index (χ4v) is 4.49. The van der Waals surface area contributed by atoms with Crippen LogP contribution in [0.2, 0.25) is 10.0 Å². The normalized spacial score (nSPS) is 10.9. The number of nitrogens with zero attached hydrogens (tertiary/aromatic N) is 2. The van der Waals surface area contributed by atoms with E-state index in [-0.39, 0.29) is 5.56 Å². The molecule has 2 amide bonds. The van der Waals surface area contributed by atoms with Gasteiger partial charge in [-0.25, -0.2) is 9.78 Å². The number of aromatic nitrogens is 2. The van der Waals surface area contributed by atoms with E-state index in [1.54, 1.807) is 47.0 Å². The first-order chi connectivity index (χ1) is 17.9. The van der Waals surface area contributed by atoms with Gasteiger partial charge in [-0.3, -0.25) is 9.36 Å². The highest BCUT2D eigenvalue weighted by atomic mass is 35.5.